The van der Waals surface area contributed by atoms with E-state index in [9.17, 15) is 4.79 Å². The van der Waals surface area contributed by atoms with Crippen molar-refractivity contribution < 1.29 is 19.0 Å². The quantitative estimate of drug-likeness (QED) is 0.386. The lowest BCUT2D eigenvalue weighted by Gasteiger charge is -2.48. The van der Waals surface area contributed by atoms with E-state index >= 15 is 0 Å². The minimum atomic E-state index is -1.00. The summed E-state index contributed by atoms with van der Waals surface area (Å²) in [5, 5.41) is 5.95. The highest BCUT2D eigenvalue weighted by Gasteiger charge is 2.52. The molecule has 0 bridgehead atoms. The van der Waals surface area contributed by atoms with Crippen LogP contribution in [0.15, 0.2) is 35.8 Å². The number of hydrogen-bond donors (Lipinski definition) is 1. The van der Waals surface area contributed by atoms with E-state index < -0.39 is 10.9 Å². The van der Waals surface area contributed by atoms with Crippen molar-refractivity contribution in [3.63, 3.8) is 0 Å². The van der Waals surface area contributed by atoms with Gasteiger partial charge in [0.15, 0.2) is 11.5 Å². The molecule has 1 fully saturated rings. The summed E-state index contributed by atoms with van der Waals surface area (Å²) in [5.41, 5.74) is 0.0849. The summed E-state index contributed by atoms with van der Waals surface area (Å²) in [6.07, 6.45) is 3.02. The summed E-state index contributed by atoms with van der Waals surface area (Å²) in [7, 11) is 0. The second-order valence-corrected chi connectivity index (χ2v) is 9.86. The van der Waals surface area contributed by atoms with E-state index in [1.54, 1.807) is 11.3 Å². The van der Waals surface area contributed by atoms with Gasteiger partial charge in [-0.2, -0.15) is 0 Å². The highest BCUT2D eigenvalue weighted by Crippen LogP contribution is 2.36. The van der Waals surface area contributed by atoms with Gasteiger partial charge < -0.3 is 24.4 Å². The summed E-state index contributed by atoms with van der Waals surface area (Å²) in [6, 6.07) is 7.71. The molecule has 5 rings (SSSR count). The first-order valence-electron chi connectivity index (χ1n) is 11.4. The monoisotopic (exact) mass is 502 g/mol. The fourth-order valence-corrected chi connectivity index (χ4v) is 5.78. The maximum Gasteiger partial charge on any atom is 0.328 e. The normalized spacial score (nSPS) is 23.9. The number of alkyl halides is 1. The minimum absolute atomic E-state index is 0.185. The van der Waals surface area contributed by atoms with E-state index in [2.05, 4.69) is 15.2 Å². The van der Waals surface area contributed by atoms with Gasteiger partial charge in [0.25, 0.3) is 0 Å². The number of nitrogens with zero attached hydrogens (tertiary/aromatic N) is 3. The number of halogens is 1. The molecule has 1 N–H and O–H groups in total. The topological polar surface area (TPSA) is 85.8 Å². The van der Waals surface area contributed by atoms with Gasteiger partial charge in [-0.3, -0.25) is 0 Å². The molecule has 1 aromatic carbocycles. The van der Waals surface area contributed by atoms with Crippen LogP contribution in [-0.2, 0) is 16.0 Å². The van der Waals surface area contributed by atoms with Crippen LogP contribution in [0.1, 0.15) is 25.8 Å². The van der Waals surface area contributed by atoms with E-state index in [1.807, 2.05) is 49.7 Å². The molecule has 2 aliphatic heterocycles. The van der Waals surface area contributed by atoms with Gasteiger partial charge >= 0.3 is 5.97 Å². The van der Waals surface area contributed by atoms with Crippen LogP contribution in [0.5, 0.6) is 11.5 Å². The number of rotatable bonds is 7. The molecule has 3 aromatic rings. The van der Waals surface area contributed by atoms with Gasteiger partial charge in [0.05, 0.1) is 12.0 Å². The number of hydrogen-bond acceptors (Lipinski definition) is 9. The van der Waals surface area contributed by atoms with E-state index in [1.165, 1.54) is 0 Å². The van der Waals surface area contributed by atoms with Gasteiger partial charge in [0, 0.05) is 30.7 Å². The molecular formula is C24H27ClN4O4S. The van der Waals surface area contributed by atoms with E-state index in [0.717, 1.165) is 27.3 Å². The van der Waals surface area contributed by atoms with Gasteiger partial charge in [-0.05, 0) is 55.8 Å². The lowest BCUT2D eigenvalue weighted by molar-refractivity contribution is -0.152. The van der Waals surface area contributed by atoms with Crippen molar-refractivity contribution in [3.05, 3.63) is 41.4 Å². The molecule has 1 saturated heterocycles. The average molecular weight is 503 g/mol. The number of carbonyl (C=O) groups excluding carboxylic acids is 1. The van der Waals surface area contributed by atoms with Crippen LogP contribution in [0, 0.1) is 0 Å². The summed E-state index contributed by atoms with van der Waals surface area (Å²) in [6.45, 7) is 5.50. The number of ether oxygens (including phenoxy) is 3. The Hall–Kier alpha value is -2.62. The predicted octanol–water partition coefficient (Wildman–Crippen LogP) is 3.76. The lowest BCUT2D eigenvalue weighted by Crippen LogP contribution is -2.69. The first kappa shape index (κ1) is 23.1. The molecule has 2 aromatic heterocycles. The van der Waals surface area contributed by atoms with Crippen LogP contribution < -0.4 is 19.7 Å². The first-order valence-corrected chi connectivity index (χ1v) is 12.7. The number of anilines is 1. The van der Waals surface area contributed by atoms with Crippen LogP contribution in [0.3, 0.4) is 0 Å². The summed E-state index contributed by atoms with van der Waals surface area (Å²) in [4.78, 5) is 25.5. The number of piperidine rings is 1. The zero-order valence-corrected chi connectivity index (χ0v) is 20.7. The first-order chi connectivity index (χ1) is 16.5. The number of carbonyl (C=O) groups is 1. The average Bonchev–Trinajstić information content (AvgIpc) is 3.50. The molecule has 0 radical (unpaired) electrons. The standard InChI is InChI=1S/C24H27ClN4O4S/c1-3-31-22(30)24(27-9-6-16-4-5-18-19(12-16)33-14-32-18)8-10-29(15(2)20(24)25)23-26-13-17-7-11-34-21(17)28-23/h4-5,7,11-13,15,20,27H,3,6,8-10,14H2,1-2H3. The largest absolute Gasteiger partial charge is 0.465 e. The fraction of sp³-hybridized carbons (Fsp3) is 0.458. The fourth-order valence-electron chi connectivity index (χ4n) is 4.63. The maximum atomic E-state index is 13.2. The van der Waals surface area contributed by atoms with Crippen LogP contribution in [-0.4, -0.2) is 59.4 Å². The number of thiophene rings is 1. The number of nitrogens with one attached hydrogen (secondary N) is 1. The lowest BCUT2D eigenvalue weighted by atomic mass is 9.82. The number of esters is 1. The Morgan fingerprint density at radius 1 is 1.35 bits per heavy atom. The van der Waals surface area contributed by atoms with Crippen molar-refractivity contribution >= 4 is 45.1 Å². The molecule has 8 nitrogen and oxygen atoms in total. The SMILES string of the molecule is CCOC(=O)C1(NCCc2ccc3c(c2)OCO3)CCN(c2ncc3ccsc3n2)C(C)C1Cl. The van der Waals surface area contributed by atoms with E-state index in [4.69, 9.17) is 30.8 Å². The smallest absolute Gasteiger partial charge is 0.328 e. The van der Waals surface area contributed by atoms with Crippen molar-refractivity contribution in [1.29, 1.82) is 0 Å². The van der Waals surface area contributed by atoms with Crippen LogP contribution >= 0.6 is 22.9 Å². The number of aromatic nitrogens is 2. The Bertz CT molecular complexity index is 1190. The molecule has 4 heterocycles. The Kier molecular flexibility index (Phi) is 6.50. The predicted molar refractivity (Wildman–Crippen MR) is 132 cm³/mol. The van der Waals surface area contributed by atoms with E-state index in [0.29, 0.717) is 38.5 Å². The molecule has 2 aliphatic rings. The summed E-state index contributed by atoms with van der Waals surface area (Å²) >= 11 is 8.61. The molecule has 0 amide bonds. The highest BCUT2D eigenvalue weighted by atomic mass is 35.5. The third-order valence-electron chi connectivity index (χ3n) is 6.52. The molecule has 180 valence electrons. The Morgan fingerprint density at radius 2 is 2.21 bits per heavy atom. The molecule has 10 heteroatoms. The highest BCUT2D eigenvalue weighted by molar-refractivity contribution is 7.16. The molecular weight excluding hydrogens is 476 g/mol. The second-order valence-electron chi connectivity index (χ2n) is 8.49. The zero-order valence-electron chi connectivity index (χ0n) is 19.1. The van der Waals surface area contributed by atoms with Gasteiger partial charge in [-0.25, -0.2) is 14.8 Å². The Balaban J connectivity index is 1.33. The van der Waals surface area contributed by atoms with Crippen LogP contribution in [0.2, 0.25) is 0 Å². The molecule has 34 heavy (non-hydrogen) atoms. The third-order valence-corrected chi connectivity index (χ3v) is 8.08. The van der Waals surface area contributed by atoms with Crippen molar-refractivity contribution in [2.75, 3.05) is 31.4 Å². The number of benzene rings is 1. The van der Waals surface area contributed by atoms with Gasteiger partial charge in [0.1, 0.15) is 10.4 Å². The van der Waals surface area contributed by atoms with Crippen molar-refractivity contribution in [2.45, 2.75) is 43.6 Å². The molecule has 0 saturated carbocycles. The summed E-state index contributed by atoms with van der Waals surface area (Å²) in [5.74, 6) is 1.81. The van der Waals surface area contributed by atoms with Crippen LogP contribution in [0.25, 0.3) is 10.2 Å². The van der Waals surface area contributed by atoms with Gasteiger partial charge in [0.2, 0.25) is 12.7 Å². The molecule has 0 aliphatic carbocycles. The third kappa shape index (κ3) is 4.16. The van der Waals surface area contributed by atoms with E-state index in [-0.39, 0.29) is 18.8 Å². The number of fused-ring (bicyclic) bond motifs is 2. The van der Waals surface area contributed by atoms with Crippen LogP contribution in [0.4, 0.5) is 5.95 Å². The van der Waals surface area contributed by atoms with Crippen molar-refractivity contribution in [2.24, 2.45) is 0 Å². The second kappa shape index (κ2) is 9.56. The molecule has 3 atom stereocenters. The zero-order chi connectivity index (χ0) is 23.7. The Morgan fingerprint density at radius 3 is 3.06 bits per heavy atom. The minimum Gasteiger partial charge on any atom is -0.465 e. The summed E-state index contributed by atoms with van der Waals surface area (Å²) < 4.78 is 16.4. The molecule has 3 unspecified atom stereocenters. The van der Waals surface area contributed by atoms with Gasteiger partial charge in [-0.15, -0.1) is 22.9 Å². The van der Waals surface area contributed by atoms with Crippen molar-refractivity contribution in [3.8, 4) is 11.5 Å². The molecule has 0 spiro atoms. The Labute approximate surface area is 207 Å². The van der Waals surface area contributed by atoms with Crippen molar-refractivity contribution in [1.82, 2.24) is 15.3 Å². The van der Waals surface area contributed by atoms with Gasteiger partial charge in [-0.1, -0.05) is 6.07 Å². The maximum absolute atomic E-state index is 13.2.